The van der Waals surface area contributed by atoms with Gasteiger partial charge in [-0.05, 0) is 40.6 Å². The Morgan fingerprint density at radius 2 is 1.90 bits per heavy atom. The molecule has 1 atom stereocenters. The highest BCUT2D eigenvalue weighted by Gasteiger charge is 2.34. The molecule has 7 heteroatoms. The summed E-state index contributed by atoms with van der Waals surface area (Å²) in [6.45, 7) is 0. The van der Waals surface area contributed by atoms with Crippen molar-refractivity contribution in [2.75, 3.05) is 0 Å². The van der Waals surface area contributed by atoms with Gasteiger partial charge in [-0.2, -0.15) is 9.97 Å². The van der Waals surface area contributed by atoms with Crippen molar-refractivity contribution in [1.29, 1.82) is 0 Å². The topological polar surface area (TPSA) is 89.1 Å². The fraction of sp³-hybridized carbons (Fsp3) is 0.0435. The van der Waals surface area contributed by atoms with Crippen LogP contribution >= 0.6 is 11.3 Å². The molecular formula is C23H13N3O3S. The number of Topliss-reactive ketones (excluding diaryl/α,β-unsaturated/α-hetero) is 1. The highest BCUT2D eigenvalue weighted by atomic mass is 32.1. The molecular weight excluding hydrogens is 398 g/mol. The Labute approximate surface area is 174 Å². The lowest BCUT2D eigenvalue weighted by molar-refractivity contribution is 0.102. The van der Waals surface area contributed by atoms with Crippen LogP contribution < -0.4 is 0 Å². The molecule has 1 aliphatic carbocycles. The van der Waals surface area contributed by atoms with E-state index in [1.807, 2.05) is 48.5 Å². The Kier molecular flexibility index (Phi) is 3.68. The summed E-state index contributed by atoms with van der Waals surface area (Å²) in [6, 6.07) is 15.2. The van der Waals surface area contributed by atoms with Crippen LogP contribution in [0, 0.1) is 0 Å². The number of aliphatic hydroxyl groups excluding tert-OH is 1. The number of fused-ring (bicyclic) bond motifs is 3. The van der Waals surface area contributed by atoms with E-state index in [1.165, 1.54) is 17.4 Å². The van der Waals surface area contributed by atoms with Gasteiger partial charge in [-0.25, -0.2) is 0 Å². The molecule has 0 saturated carbocycles. The van der Waals surface area contributed by atoms with Crippen LogP contribution in [0.2, 0.25) is 0 Å². The molecule has 1 N–H and O–H groups in total. The van der Waals surface area contributed by atoms with Gasteiger partial charge in [-0.3, -0.25) is 9.78 Å². The number of aromatic nitrogens is 3. The summed E-state index contributed by atoms with van der Waals surface area (Å²) in [4.78, 5) is 26.6. The Balaban J connectivity index is 1.39. The Hall–Kier alpha value is -3.68. The summed E-state index contributed by atoms with van der Waals surface area (Å²) in [6.07, 6.45) is 3.93. The van der Waals surface area contributed by atoms with Crippen LogP contribution in [-0.2, 0) is 0 Å². The first-order valence-electron chi connectivity index (χ1n) is 9.32. The first-order valence-corrected chi connectivity index (χ1v) is 10.1. The normalized spacial score (nSPS) is 17.3. The number of thiazole rings is 1. The number of carbonyl (C=O) groups excluding carboxylic acids is 1. The monoisotopic (exact) mass is 411 g/mol. The van der Waals surface area contributed by atoms with E-state index in [9.17, 15) is 9.90 Å². The fourth-order valence-electron chi connectivity index (χ4n) is 3.74. The van der Waals surface area contributed by atoms with Crippen molar-refractivity contribution in [2.24, 2.45) is 0 Å². The number of benzene rings is 2. The van der Waals surface area contributed by atoms with E-state index >= 15 is 0 Å². The van der Waals surface area contributed by atoms with E-state index in [-0.39, 0.29) is 17.2 Å². The number of aliphatic hydroxyl groups is 1. The summed E-state index contributed by atoms with van der Waals surface area (Å²) in [5.41, 5.74) is 2.66. The molecule has 0 radical (unpaired) electrons. The van der Waals surface area contributed by atoms with Crippen LogP contribution in [0.5, 0.6) is 0 Å². The highest BCUT2D eigenvalue weighted by molar-refractivity contribution is 7.21. The maximum absolute atomic E-state index is 12.9. The number of rotatable bonds is 2. The summed E-state index contributed by atoms with van der Waals surface area (Å²) >= 11 is 1.39. The minimum absolute atomic E-state index is 0.214. The van der Waals surface area contributed by atoms with Crippen molar-refractivity contribution in [3.63, 3.8) is 0 Å². The minimum Gasteiger partial charge on any atom is -0.417 e. The zero-order valence-electron chi connectivity index (χ0n) is 15.4. The number of ketones is 1. The summed E-state index contributed by atoms with van der Waals surface area (Å²) in [5.74, 6) is 0.0371. The van der Waals surface area contributed by atoms with Gasteiger partial charge in [-0.1, -0.05) is 35.6 Å². The SMILES string of the molecule is O=C1/C(=C\c2nc3sc(-c4cccnc4)nc3o2)C(O)c2cc3ccccc3cc21. The molecule has 30 heavy (non-hydrogen) atoms. The molecule has 0 bridgehead atoms. The molecule has 1 aliphatic rings. The Bertz CT molecular complexity index is 1450. The van der Waals surface area contributed by atoms with Crippen molar-refractivity contribution >= 4 is 44.5 Å². The molecule has 144 valence electrons. The van der Waals surface area contributed by atoms with Gasteiger partial charge in [0.15, 0.2) is 10.6 Å². The van der Waals surface area contributed by atoms with Crippen molar-refractivity contribution in [1.82, 2.24) is 15.0 Å². The number of carbonyl (C=O) groups is 1. The van der Waals surface area contributed by atoms with Crippen LogP contribution in [0.1, 0.15) is 27.9 Å². The number of pyridine rings is 1. The van der Waals surface area contributed by atoms with Crippen LogP contribution in [0.15, 0.2) is 70.9 Å². The molecule has 1 unspecified atom stereocenters. The van der Waals surface area contributed by atoms with Gasteiger partial charge in [-0.15, -0.1) is 0 Å². The van der Waals surface area contributed by atoms with Crippen molar-refractivity contribution in [3.05, 3.63) is 83.5 Å². The van der Waals surface area contributed by atoms with Gasteiger partial charge in [0.2, 0.25) is 5.89 Å². The largest absolute Gasteiger partial charge is 0.417 e. The lowest BCUT2D eigenvalue weighted by Gasteiger charge is -2.05. The molecule has 6 nitrogen and oxygen atoms in total. The molecule has 0 spiro atoms. The molecule has 5 aromatic rings. The number of nitrogens with zero attached hydrogens (tertiary/aromatic N) is 3. The first kappa shape index (κ1) is 17.2. The zero-order valence-corrected chi connectivity index (χ0v) is 16.3. The molecule has 6 rings (SSSR count). The molecule has 3 aromatic heterocycles. The Morgan fingerprint density at radius 1 is 1.07 bits per heavy atom. The third-order valence-corrected chi connectivity index (χ3v) is 6.17. The summed E-state index contributed by atoms with van der Waals surface area (Å²) < 4.78 is 5.73. The first-order chi connectivity index (χ1) is 14.7. The van der Waals surface area contributed by atoms with Gasteiger partial charge in [0.05, 0.1) is 0 Å². The van der Waals surface area contributed by atoms with Crippen LogP contribution in [0.25, 0.3) is 38.0 Å². The maximum Gasteiger partial charge on any atom is 0.259 e. The van der Waals surface area contributed by atoms with Crippen LogP contribution in [0.4, 0.5) is 0 Å². The lowest BCUT2D eigenvalue weighted by atomic mass is 10.0. The quantitative estimate of drug-likeness (QED) is 0.419. The molecule has 0 fully saturated rings. The van der Waals surface area contributed by atoms with Crippen LogP contribution in [0.3, 0.4) is 0 Å². The second-order valence-corrected chi connectivity index (χ2v) is 8.02. The van der Waals surface area contributed by atoms with Gasteiger partial charge < -0.3 is 9.52 Å². The van der Waals surface area contributed by atoms with Crippen molar-refractivity contribution in [2.45, 2.75) is 6.10 Å². The van der Waals surface area contributed by atoms with Crippen molar-refractivity contribution in [3.8, 4) is 10.6 Å². The summed E-state index contributed by atoms with van der Waals surface area (Å²) in [7, 11) is 0. The van der Waals surface area contributed by atoms with Crippen molar-refractivity contribution < 1.29 is 14.3 Å². The van der Waals surface area contributed by atoms with Gasteiger partial charge in [0.1, 0.15) is 11.1 Å². The molecule has 0 aliphatic heterocycles. The molecule has 3 heterocycles. The average Bonchev–Trinajstić information content (AvgIpc) is 3.41. The third-order valence-electron chi connectivity index (χ3n) is 5.19. The van der Waals surface area contributed by atoms with Crippen LogP contribution in [-0.4, -0.2) is 25.8 Å². The average molecular weight is 411 g/mol. The maximum atomic E-state index is 12.9. The third kappa shape index (κ3) is 2.60. The second-order valence-electron chi connectivity index (χ2n) is 7.04. The standard InChI is InChI=1S/C23H13N3O3S/c27-19-15-8-12-4-1-2-5-13(12)9-16(15)20(28)17(19)10-18-25-23-21(29-18)26-22(30-23)14-6-3-7-24-11-14/h1-11,19,27H/b17-10-. The van der Waals surface area contributed by atoms with Gasteiger partial charge in [0, 0.05) is 35.2 Å². The highest BCUT2D eigenvalue weighted by Crippen LogP contribution is 2.39. The van der Waals surface area contributed by atoms with E-state index in [0.717, 1.165) is 21.3 Å². The molecule has 0 saturated heterocycles. The zero-order chi connectivity index (χ0) is 20.2. The molecule has 0 amide bonds. The van der Waals surface area contributed by atoms with E-state index in [2.05, 4.69) is 15.0 Å². The number of hydrogen-bond acceptors (Lipinski definition) is 7. The van der Waals surface area contributed by atoms with E-state index in [1.54, 1.807) is 12.4 Å². The van der Waals surface area contributed by atoms with E-state index in [4.69, 9.17) is 4.42 Å². The predicted octanol–water partition coefficient (Wildman–Crippen LogP) is 4.81. The number of hydrogen-bond donors (Lipinski definition) is 1. The van der Waals surface area contributed by atoms with E-state index < -0.39 is 6.10 Å². The smallest absolute Gasteiger partial charge is 0.259 e. The Morgan fingerprint density at radius 3 is 2.67 bits per heavy atom. The van der Waals surface area contributed by atoms with Gasteiger partial charge >= 0.3 is 0 Å². The summed E-state index contributed by atoms with van der Waals surface area (Å²) in [5, 5.41) is 13.5. The van der Waals surface area contributed by atoms with E-state index in [0.29, 0.717) is 21.7 Å². The van der Waals surface area contributed by atoms with Gasteiger partial charge in [0.25, 0.3) is 5.71 Å². The minimum atomic E-state index is -1.01. The lowest BCUT2D eigenvalue weighted by Crippen LogP contribution is -1.99. The number of oxazole rings is 1. The second kappa shape index (κ2) is 6.41. The predicted molar refractivity (Wildman–Crippen MR) is 114 cm³/mol. The molecule has 2 aromatic carbocycles. The fourth-order valence-corrected chi connectivity index (χ4v) is 4.60.